The second-order valence-electron chi connectivity index (χ2n) is 9.55. The van der Waals surface area contributed by atoms with E-state index in [2.05, 4.69) is 47.6 Å². The molecule has 0 saturated heterocycles. The van der Waals surface area contributed by atoms with Gasteiger partial charge in [0.05, 0.1) is 26.0 Å². The van der Waals surface area contributed by atoms with E-state index in [4.69, 9.17) is 9.47 Å². The number of benzene rings is 3. The third kappa shape index (κ3) is 6.60. The molecule has 194 valence electrons. The molecule has 0 bridgehead atoms. The van der Waals surface area contributed by atoms with Crippen molar-refractivity contribution in [2.75, 3.05) is 46.2 Å². The highest BCUT2D eigenvalue weighted by molar-refractivity contribution is 8.00. The van der Waals surface area contributed by atoms with Gasteiger partial charge in [-0.15, -0.1) is 0 Å². The molecule has 1 atom stereocenters. The van der Waals surface area contributed by atoms with Crippen molar-refractivity contribution in [1.29, 1.82) is 5.26 Å². The van der Waals surface area contributed by atoms with E-state index in [0.717, 1.165) is 73.7 Å². The fraction of sp³-hybridized carbons (Fsp3) is 0.387. The maximum Gasteiger partial charge on any atom is 0.142 e. The molecule has 0 radical (unpaired) electrons. The van der Waals surface area contributed by atoms with Gasteiger partial charge in [-0.1, -0.05) is 48.2 Å². The summed E-state index contributed by atoms with van der Waals surface area (Å²) in [6.07, 6.45) is 4.93. The Morgan fingerprint density at radius 3 is 2.62 bits per heavy atom. The highest BCUT2D eigenvalue weighted by Crippen LogP contribution is 2.45. The standard InChI is InChI=1S/C31H37N3O2S/c1-34(21-17-24-15-16-29(36-3)30-28(24)14-8-19-33-30)20-9-18-31(23-32,37-27-12-5-4-6-13-27)25-10-7-11-26(22-25)35-2/h4-7,10-13,15-16,22,33H,8-9,14,17-21H2,1-3H3. The van der Waals surface area contributed by atoms with E-state index < -0.39 is 4.75 Å². The summed E-state index contributed by atoms with van der Waals surface area (Å²) >= 11 is 1.64. The summed E-state index contributed by atoms with van der Waals surface area (Å²) in [5.74, 6) is 1.72. The molecule has 0 fully saturated rings. The third-order valence-corrected chi connectivity index (χ3v) is 8.47. The molecule has 4 rings (SSSR count). The van der Waals surface area contributed by atoms with Gasteiger partial charge in [0.25, 0.3) is 0 Å². The number of nitrogens with one attached hydrogen (secondary N) is 1. The van der Waals surface area contributed by atoms with Crippen LogP contribution in [0.5, 0.6) is 11.5 Å². The summed E-state index contributed by atoms with van der Waals surface area (Å²) in [6, 6.07) is 25.2. The van der Waals surface area contributed by atoms with E-state index in [1.54, 1.807) is 26.0 Å². The number of methoxy groups -OCH3 is 2. The minimum atomic E-state index is -0.683. The van der Waals surface area contributed by atoms with Crippen molar-refractivity contribution >= 4 is 17.4 Å². The Labute approximate surface area is 225 Å². The van der Waals surface area contributed by atoms with E-state index in [1.807, 2.05) is 42.5 Å². The first-order valence-corrected chi connectivity index (χ1v) is 13.8. The number of fused-ring (bicyclic) bond motifs is 1. The molecule has 0 spiro atoms. The van der Waals surface area contributed by atoms with Crippen molar-refractivity contribution in [3.05, 3.63) is 83.4 Å². The average molecular weight is 516 g/mol. The number of nitriles is 1. The van der Waals surface area contributed by atoms with Crippen LogP contribution >= 0.6 is 11.8 Å². The molecule has 3 aromatic carbocycles. The average Bonchev–Trinajstić information content (AvgIpc) is 2.95. The van der Waals surface area contributed by atoms with Gasteiger partial charge in [-0.3, -0.25) is 0 Å². The number of likely N-dealkylation sites (N-methyl/N-ethyl adjacent to an activating group) is 1. The van der Waals surface area contributed by atoms with Crippen LogP contribution in [-0.4, -0.2) is 45.8 Å². The molecule has 6 heteroatoms. The highest BCUT2D eigenvalue weighted by Gasteiger charge is 2.34. The molecule has 0 aliphatic carbocycles. The van der Waals surface area contributed by atoms with Gasteiger partial charge in [0.15, 0.2) is 0 Å². The minimum Gasteiger partial charge on any atom is -0.497 e. The maximum atomic E-state index is 10.5. The van der Waals surface area contributed by atoms with Crippen LogP contribution < -0.4 is 14.8 Å². The maximum absolute atomic E-state index is 10.5. The minimum absolute atomic E-state index is 0.683. The van der Waals surface area contributed by atoms with Gasteiger partial charge in [-0.05, 0) is 92.7 Å². The van der Waals surface area contributed by atoms with Crippen molar-refractivity contribution in [1.82, 2.24) is 4.90 Å². The number of hydrogen-bond acceptors (Lipinski definition) is 6. The van der Waals surface area contributed by atoms with Crippen LogP contribution in [-0.2, 0) is 17.6 Å². The van der Waals surface area contributed by atoms with Crippen molar-refractivity contribution in [3.63, 3.8) is 0 Å². The van der Waals surface area contributed by atoms with E-state index in [0.29, 0.717) is 0 Å². The third-order valence-electron chi connectivity index (χ3n) is 7.08. The summed E-state index contributed by atoms with van der Waals surface area (Å²) in [6.45, 7) is 2.91. The quantitative estimate of drug-likeness (QED) is 0.277. The molecule has 1 unspecified atom stereocenters. The van der Waals surface area contributed by atoms with Gasteiger partial charge >= 0.3 is 0 Å². The Kier molecular flexibility index (Phi) is 9.38. The number of nitrogens with zero attached hydrogens (tertiary/aromatic N) is 2. The molecule has 1 aliphatic heterocycles. The molecular weight excluding hydrogens is 478 g/mol. The van der Waals surface area contributed by atoms with Crippen molar-refractivity contribution in [2.45, 2.75) is 41.7 Å². The summed E-state index contributed by atoms with van der Waals surface area (Å²) in [5, 5.41) is 14.0. The number of hydrogen-bond donors (Lipinski definition) is 1. The fourth-order valence-electron chi connectivity index (χ4n) is 5.01. The van der Waals surface area contributed by atoms with Crippen molar-refractivity contribution < 1.29 is 9.47 Å². The smallest absolute Gasteiger partial charge is 0.142 e. The van der Waals surface area contributed by atoms with E-state index in [1.165, 1.54) is 16.8 Å². The number of ether oxygens (including phenoxy) is 2. The second-order valence-corrected chi connectivity index (χ2v) is 10.9. The van der Waals surface area contributed by atoms with E-state index in [9.17, 15) is 5.26 Å². The molecule has 0 aromatic heterocycles. The van der Waals surface area contributed by atoms with Gasteiger partial charge in [0, 0.05) is 18.0 Å². The van der Waals surface area contributed by atoms with Gasteiger partial charge in [0.2, 0.25) is 0 Å². The predicted molar refractivity (Wildman–Crippen MR) is 153 cm³/mol. The summed E-state index contributed by atoms with van der Waals surface area (Å²) in [5.41, 5.74) is 4.96. The predicted octanol–water partition coefficient (Wildman–Crippen LogP) is 6.53. The van der Waals surface area contributed by atoms with Gasteiger partial charge in [-0.2, -0.15) is 5.26 Å². The first kappa shape index (κ1) is 26.9. The SMILES string of the molecule is COc1cccc(C(C#N)(CCCN(C)CCc2ccc(OC)c3c2CCCN3)Sc2ccccc2)c1. The molecule has 3 aromatic rings. The summed E-state index contributed by atoms with van der Waals surface area (Å²) in [4.78, 5) is 3.48. The Bertz CT molecular complexity index is 1210. The van der Waals surface area contributed by atoms with E-state index in [-0.39, 0.29) is 0 Å². The molecular formula is C31H37N3O2S. The van der Waals surface area contributed by atoms with Crippen molar-refractivity contribution in [2.24, 2.45) is 0 Å². The zero-order chi connectivity index (χ0) is 26.1. The Morgan fingerprint density at radius 2 is 1.86 bits per heavy atom. The van der Waals surface area contributed by atoms with E-state index >= 15 is 0 Å². The van der Waals surface area contributed by atoms with Gasteiger partial charge in [0.1, 0.15) is 16.2 Å². The van der Waals surface area contributed by atoms with Crippen LogP contribution in [0.2, 0.25) is 0 Å². The number of thioether (sulfide) groups is 1. The van der Waals surface area contributed by atoms with Gasteiger partial charge in [-0.25, -0.2) is 0 Å². The molecule has 1 heterocycles. The zero-order valence-electron chi connectivity index (χ0n) is 22.1. The monoisotopic (exact) mass is 515 g/mol. The van der Waals surface area contributed by atoms with Crippen LogP contribution in [0.25, 0.3) is 0 Å². The Morgan fingerprint density at radius 1 is 1.03 bits per heavy atom. The Balaban J connectivity index is 1.42. The lowest BCUT2D eigenvalue weighted by atomic mass is 9.93. The van der Waals surface area contributed by atoms with Crippen LogP contribution in [0.3, 0.4) is 0 Å². The van der Waals surface area contributed by atoms with Crippen LogP contribution in [0.1, 0.15) is 36.0 Å². The lowest BCUT2D eigenvalue weighted by molar-refractivity contribution is 0.325. The Hall–Kier alpha value is -3.14. The largest absolute Gasteiger partial charge is 0.497 e. The molecule has 1 aliphatic rings. The fourth-order valence-corrected chi connectivity index (χ4v) is 6.25. The first-order chi connectivity index (χ1) is 18.1. The van der Waals surface area contributed by atoms with Crippen LogP contribution in [0, 0.1) is 11.3 Å². The summed E-state index contributed by atoms with van der Waals surface area (Å²) < 4.78 is 10.4. The van der Waals surface area contributed by atoms with Crippen LogP contribution in [0.15, 0.2) is 71.6 Å². The lowest BCUT2D eigenvalue weighted by Crippen LogP contribution is -2.26. The zero-order valence-corrected chi connectivity index (χ0v) is 22.9. The number of anilines is 1. The molecule has 0 amide bonds. The topological polar surface area (TPSA) is 57.5 Å². The lowest BCUT2D eigenvalue weighted by Gasteiger charge is -2.28. The highest BCUT2D eigenvalue weighted by atomic mass is 32.2. The van der Waals surface area contributed by atoms with Crippen molar-refractivity contribution in [3.8, 4) is 17.6 Å². The van der Waals surface area contributed by atoms with Gasteiger partial charge < -0.3 is 19.7 Å². The molecule has 1 N–H and O–H groups in total. The first-order valence-electron chi connectivity index (χ1n) is 13.0. The number of rotatable bonds is 12. The normalized spacial score (nSPS) is 14.2. The molecule has 0 saturated carbocycles. The second kappa shape index (κ2) is 12.9. The molecule has 37 heavy (non-hydrogen) atoms. The summed E-state index contributed by atoms with van der Waals surface area (Å²) in [7, 11) is 5.59. The van der Waals surface area contributed by atoms with Crippen LogP contribution in [0.4, 0.5) is 5.69 Å². The molecule has 5 nitrogen and oxygen atoms in total.